The van der Waals surface area contributed by atoms with Gasteiger partial charge in [0.1, 0.15) is 12.0 Å². The van der Waals surface area contributed by atoms with E-state index in [0.717, 1.165) is 11.3 Å². The van der Waals surface area contributed by atoms with Gasteiger partial charge >= 0.3 is 0 Å². The first-order valence-electron chi connectivity index (χ1n) is 8.36. The van der Waals surface area contributed by atoms with Gasteiger partial charge in [0.05, 0.1) is 0 Å². The number of carbonyl (C=O) groups excluding carboxylic acids is 2. The van der Waals surface area contributed by atoms with Gasteiger partial charge in [-0.25, -0.2) is 4.98 Å². The van der Waals surface area contributed by atoms with Crippen LogP contribution in [0.3, 0.4) is 0 Å². The number of benzene rings is 2. The van der Waals surface area contributed by atoms with Crippen LogP contribution in [0, 0.1) is 0 Å². The molecule has 4 rings (SSSR count). The molecule has 2 aromatic carbocycles. The van der Waals surface area contributed by atoms with E-state index in [1.807, 2.05) is 54.6 Å². The number of carbonyl (C=O) groups is 2. The molecule has 3 aromatic rings. The van der Waals surface area contributed by atoms with Gasteiger partial charge in [-0.2, -0.15) is 0 Å². The average molecular weight is 343 g/mol. The normalized spacial score (nSPS) is 15.7. The molecule has 1 aromatic heterocycles. The molecule has 1 atom stereocenters. The third-order valence-corrected chi connectivity index (χ3v) is 4.45. The van der Waals surface area contributed by atoms with Crippen LogP contribution in [0.15, 0.2) is 72.9 Å². The van der Waals surface area contributed by atoms with E-state index in [0.29, 0.717) is 16.9 Å². The van der Waals surface area contributed by atoms with Crippen LogP contribution in [-0.2, 0) is 0 Å². The minimum absolute atomic E-state index is 0.0213. The Morgan fingerprint density at radius 3 is 2.42 bits per heavy atom. The van der Waals surface area contributed by atoms with Gasteiger partial charge in [0.15, 0.2) is 5.78 Å². The van der Waals surface area contributed by atoms with Gasteiger partial charge in [-0.15, -0.1) is 0 Å². The summed E-state index contributed by atoms with van der Waals surface area (Å²) in [7, 11) is 0. The van der Waals surface area contributed by atoms with Crippen LogP contribution in [0.2, 0.25) is 0 Å². The quantitative estimate of drug-likeness (QED) is 0.726. The fraction of sp³-hybridized carbons (Fsp3) is 0.0952. The van der Waals surface area contributed by atoms with Gasteiger partial charge in [0, 0.05) is 28.6 Å². The highest BCUT2D eigenvalue weighted by molar-refractivity contribution is 6.11. The van der Waals surface area contributed by atoms with Gasteiger partial charge < -0.3 is 5.32 Å². The van der Waals surface area contributed by atoms with Crippen LogP contribution < -0.4 is 10.2 Å². The standard InChI is InChI=1S/C21H17N3O2/c1-14(25)15-9-11-16(12-10-15)23-20-17-6-2-3-7-18(17)21(26)24(20)19-8-4-5-13-22-19/h2-13,20,23H,1H3. The van der Waals surface area contributed by atoms with E-state index >= 15 is 0 Å². The summed E-state index contributed by atoms with van der Waals surface area (Å²) in [5.74, 6) is 0.525. The molecule has 1 unspecified atom stereocenters. The maximum Gasteiger partial charge on any atom is 0.261 e. The third-order valence-electron chi connectivity index (χ3n) is 4.45. The predicted octanol–water partition coefficient (Wildman–Crippen LogP) is 4.06. The number of nitrogens with one attached hydrogen (secondary N) is 1. The van der Waals surface area contributed by atoms with Gasteiger partial charge in [0.2, 0.25) is 0 Å². The summed E-state index contributed by atoms with van der Waals surface area (Å²) in [6.45, 7) is 1.54. The van der Waals surface area contributed by atoms with Crippen molar-refractivity contribution in [1.29, 1.82) is 0 Å². The lowest BCUT2D eigenvalue weighted by molar-refractivity contribution is 0.0989. The SMILES string of the molecule is CC(=O)c1ccc(NC2c3ccccc3C(=O)N2c2ccccn2)cc1. The molecule has 1 aliphatic rings. The minimum Gasteiger partial charge on any atom is -0.361 e. The molecule has 128 valence electrons. The van der Waals surface area contributed by atoms with Crippen LogP contribution >= 0.6 is 0 Å². The van der Waals surface area contributed by atoms with Crippen molar-refractivity contribution in [2.24, 2.45) is 0 Å². The monoisotopic (exact) mass is 343 g/mol. The lowest BCUT2D eigenvalue weighted by Gasteiger charge is -2.26. The van der Waals surface area contributed by atoms with Crippen molar-refractivity contribution in [1.82, 2.24) is 4.98 Å². The second kappa shape index (κ2) is 6.44. The van der Waals surface area contributed by atoms with Crippen LogP contribution in [0.1, 0.15) is 39.4 Å². The van der Waals surface area contributed by atoms with Gasteiger partial charge in [-0.3, -0.25) is 14.5 Å². The van der Waals surface area contributed by atoms with Crippen LogP contribution in [0.4, 0.5) is 11.5 Å². The number of fused-ring (bicyclic) bond motifs is 1. The minimum atomic E-state index is -0.364. The molecule has 5 nitrogen and oxygen atoms in total. The molecule has 0 fully saturated rings. The molecule has 26 heavy (non-hydrogen) atoms. The maximum atomic E-state index is 12.9. The fourth-order valence-corrected chi connectivity index (χ4v) is 3.15. The molecule has 0 radical (unpaired) electrons. The van der Waals surface area contributed by atoms with E-state index in [-0.39, 0.29) is 17.9 Å². The van der Waals surface area contributed by atoms with Gasteiger partial charge in [-0.1, -0.05) is 24.3 Å². The molecule has 0 aliphatic carbocycles. The molecule has 0 spiro atoms. The number of Topliss-reactive ketones (excluding diaryl/α,β-unsaturated/α-hetero) is 1. The van der Waals surface area contributed by atoms with Gasteiger partial charge in [0.25, 0.3) is 5.91 Å². The van der Waals surface area contributed by atoms with Crippen LogP contribution in [0.5, 0.6) is 0 Å². The first kappa shape index (κ1) is 16.0. The largest absolute Gasteiger partial charge is 0.361 e. The van der Waals surface area contributed by atoms with Gasteiger partial charge in [-0.05, 0) is 49.4 Å². The highest BCUT2D eigenvalue weighted by Crippen LogP contribution is 2.37. The first-order chi connectivity index (χ1) is 12.6. The Labute approximate surface area is 151 Å². The summed E-state index contributed by atoms with van der Waals surface area (Å²) in [6.07, 6.45) is 1.31. The number of amides is 1. The molecule has 1 amide bonds. The molecule has 0 bridgehead atoms. The molecule has 1 aliphatic heterocycles. The molecule has 2 heterocycles. The molecule has 0 saturated carbocycles. The van der Waals surface area contributed by atoms with E-state index in [1.54, 1.807) is 23.2 Å². The van der Waals surface area contributed by atoms with Crippen molar-refractivity contribution in [2.75, 3.05) is 10.2 Å². The summed E-state index contributed by atoms with van der Waals surface area (Å²) < 4.78 is 0. The average Bonchev–Trinajstić information content (AvgIpc) is 2.95. The van der Waals surface area contributed by atoms with E-state index in [2.05, 4.69) is 10.3 Å². The second-order valence-corrected chi connectivity index (χ2v) is 6.13. The molecule has 0 saturated heterocycles. The molecular formula is C21H17N3O2. The summed E-state index contributed by atoms with van der Waals surface area (Å²) in [5, 5.41) is 3.40. The van der Waals surface area contributed by atoms with E-state index < -0.39 is 0 Å². The fourth-order valence-electron chi connectivity index (χ4n) is 3.15. The maximum absolute atomic E-state index is 12.9. The van der Waals surface area contributed by atoms with Crippen molar-refractivity contribution in [3.63, 3.8) is 0 Å². The highest BCUT2D eigenvalue weighted by Gasteiger charge is 2.38. The zero-order valence-corrected chi connectivity index (χ0v) is 14.2. The Balaban J connectivity index is 1.73. The zero-order chi connectivity index (χ0) is 18.1. The number of hydrogen-bond donors (Lipinski definition) is 1. The van der Waals surface area contributed by atoms with Crippen molar-refractivity contribution in [2.45, 2.75) is 13.1 Å². The lowest BCUT2D eigenvalue weighted by atomic mass is 10.1. The Morgan fingerprint density at radius 2 is 1.73 bits per heavy atom. The lowest BCUT2D eigenvalue weighted by Crippen LogP contribution is -2.32. The Hall–Kier alpha value is -3.47. The van der Waals surface area contributed by atoms with E-state index in [4.69, 9.17) is 0 Å². The summed E-state index contributed by atoms with van der Waals surface area (Å²) >= 11 is 0. The summed E-state index contributed by atoms with van der Waals surface area (Å²) in [4.78, 5) is 30.4. The number of rotatable bonds is 4. The molecular weight excluding hydrogens is 326 g/mol. The van der Waals surface area contributed by atoms with Crippen LogP contribution in [0.25, 0.3) is 0 Å². The Bertz CT molecular complexity index is 968. The highest BCUT2D eigenvalue weighted by atomic mass is 16.2. The number of pyridine rings is 1. The molecule has 1 N–H and O–H groups in total. The second-order valence-electron chi connectivity index (χ2n) is 6.13. The summed E-state index contributed by atoms with van der Waals surface area (Å²) in [5.41, 5.74) is 3.04. The number of hydrogen-bond acceptors (Lipinski definition) is 4. The third kappa shape index (κ3) is 2.73. The van der Waals surface area contributed by atoms with Crippen molar-refractivity contribution < 1.29 is 9.59 Å². The number of ketones is 1. The van der Waals surface area contributed by atoms with Crippen LogP contribution in [-0.4, -0.2) is 16.7 Å². The number of anilines is 2. The number of nitrogens with zero attached hydrogens (tertiary/aromatic N) is 2. The topological polar surface area (TPSA) is 62.3 Å². The predicted molar refractivity (Wildman–Crippen MR) is 100 cm³/mol. The van der Waals surface area contributed by atoms with E-state index in [9.17, 15) is 9.59 Å². The van der Waals surface area contributed by atoms with Crippen molar-refractivity contribution in [3.8, 4) is 0 Å². The first-order valence-corrected chi connectivity index (χ1v) is 8.36. The van der Waals surface area contributed by atoms with Crippen molar-refractivity contribution in [3.05, 3.63) is 89.6 Å². The zero-order valence-electron chi connectivity index (χ0n) is 14.2. The molecule has 5 heteroatoms. The Kier molecular flexibility index (Phi) is 3.97. The van der Waals surface area contributed by atoms with Crippen molar-refractivity contribution >= 4 is 23.2 Å². The number of aromatic nitrogens is 1. The smallest absolute Gasteiger partial charge is 0.261 e. The summed E-state index contributed by atoms with van der Waals surface area (Å²) in [6, 6.07) is 20.3. The van der Waals surface area contributed by atoms with E-state index in [1.165, 1.54) is 6.92 Å². The Morgan fingerprint density at radius 1 is 1.00 bits per heavy atom.